The molecule has 0 spiro atoms. The van der Waals surface area contributed by atoms with Gasteiger partial charge in [0.05, 0.1) is 5.56 Å². The molecule has 0 radical (unpaired) electrons. The molecule has 2 nitrogen and oxygen atoms in total. The lowest BCUT2D eigenvalue weighted by molar-refractivity contribution is 0.0697. The second-order valence-electron chi connectivity index (χ2n) is 6.91. The highest BCUT2D eigenvalue weighted by Crippen LogP contribution is 2.29. The van der Waals surface area contributed by atoms with Crippen molar-refractivity contribution in [2.45, 2.75) is 26.2 Å². The molecule has 3 aromatic carbocycles. The second-order valence-corrected chi connectivity index (χ2v) is 6.91. The van der Waals surface area contributed by atoms with Gasteiger partial charge in [-0.3, -0.25) is 0 Å². The third kappa shape index (κ3) is 3.11. The maximum Gasteiger partial charge on any atom is 0.335 e. The fourth-order valence-electron chi connectivity index (χ4n) is 2.72. The molecule has 2 heteroatoms. The maximum absolute atomic E-state index is 11.1. The topological polar surface area (TPSA) is 37.3 Å². The van der Waals surface area contributed by atoms with E-state index in [2.05, 4.69) is 57.2 Å². The van der Waals surface area contributed by atoms with Crippen molar-refractivity contribution in [1.82, 2.24) is 0 Å². The van der Waals surface area contributed by atoms with Crippen molar-refractivity contribution in [2.24, 2.45) is 0 Å². The zero-order valence-corrected chi connectivity index (χ0v) is 13.6. The van der Waals surface area contributed by atoms with Crippen molar-refractivity contribution >= 4 is 16.7 Å². The number of carboxylic acids is 1. The minimum atomic E-state index is -0.895. The Morgan fingerprint density at radius 1 is 0.826 bits per heavy atom. The van der Waals surface area contributed by atoms with Crippen molar-refractivity contribution < 1.29 is 9.90 Å². The van der Waals surface area contributed by atoms with E-state index in [0.717, 1.165) is 16.3 Å². The Bertz CT molecular complexity index is 886. The molecule has 0 aromatic heterocycles. The predicted molar refractivity (Wildman–Crippen MR) is 95.0 cm³/mol. The fourth-order valence-corrected chi connectivity index (χ4v) is 2.72. The second kappa shape index (κ2) is 5.54. The van der Waals surface area contributed by atoms with E-state index in [4.69, 9.17) is 5.11 Å². The minimum Gasteiger partial charge on any atom is -0.478 e. The van der Waals surface area contributed by atoms with Crippen LogP contribution in [-0.4, -0.2) is 11.1 Å². The van der Waals surface area contributed by atoms with Crippen molar-refractivity contribution in [1.29, 1.82) is 0 Å². The molecule has 0 unspecified atom stereocenters. The van der Waals surface area contributed by atoms with Gasteiger partial charge in [-0.25, -0.2) is 4.79 Å². The van der Waals surface area contributed by atoms with E-state index >= 15 is 0 Å². The smallest absolute Gasteiger partial charge is 0.335 e. The normalized spacial score (nSPS) is 11.6. The number of fused-ring (bicyclic) bond motifs is 1. The molecular weight excluding hydrogens is 284 g/mol. The molecule has 23 heavy (non-hydrogen) atoms. The Kier molecular flexibility index (Phi) is 3.69. The zero-order chi connectivity index (χ0) is 16.6. The number of benzene rings is 3. The summed E-state index contributed by atoms with van der Waals surface area (Å²) >= 11 is 0. The Balaban J connectivity index is 2.07. The van der Waals surface area contributed by atoms with Gasteiger partial charge < -0.3 is 5.11 Å². The summed E-state index contributed by atoms with van der Waals surface area (Å²) in [6, 6.07) is 20.0. The average Bonchev–Trinajstić information content (AvgIpc) is 2.53. The molecule has 0 fully saturated rings. The van der Waals surface area contributed by atoms with Gasteiger partial charge in [-0.1, -0.05) is 63.2 Å². The minimum absolute atomic E-state index is 0.114. The number of carbonyl (C=O) groups is 1. The van der Waals surface area contributed by atoms with Gasteiger partial charge >= 0.3 is 5.97 Å². The number of aromatic carboxylic acids is 1. The van der Waals surface area contributed by atoms with E-state index in [1.54, 1.807) is 12.1 Å². The quantitative estimate of drug-likeness (QED) is 0.678. The Hall–Kier alpha value is -2.61. The first kappa shape index (κ1) is 15.3. The lowest BCUT2D eigenvalue weighted by Gasteiger charge is -2.20. The van der Waals surface area contributed by atoms with Gasteiger partial charge in [0.2, 0.25) is 0 Å². The Morgan fingerprint density at radius 3 is 2.17 bits per heavy atom. The highest BCUT2D eigenvalue weighted by Gasteiger charge is 2.14. The van der Waals surface area contributed by atoms with Gasteiger partial charge in [0, 0.05) is 0 Å². The van der Waals surface area contributed by atoms with E-state index in [1.807, 2.05) is 12.1 Å². The van der Waals surface area contributed by atoms with Crippen LogP contribution in [0.3, 0.4) is 0 Å². The molecule has 3 rings (SSSR count). The van der Waals surface area contributed by atoms with Gasteiger partial charge in [0.15, 0.2) is 0 Å². The lowest BCUT2D eigenvalue weighted by atomic mass is 9.85. The summed E-state index contributed by atoms with van der Waals surface area (Å²) < 4.78 is 0. The van der Waals surface area contributed by atoms with E-state index in [-0.39, 0.29) is 5.41 Å². The lowest BCUT2D eigenvalue weighted by Crippen LogP contribution is -2.10. The molecule has 0 atom stereocenters. The van der Waals surface area contributed by atoms with Gasteiger partial charge in [-0.2, -0.15) is 0 Å². The largest absolute Gasteiger partial charge is 0.478 e. The number of hydrogen-bond acceptors (Lipinski definition) is 1. The summed E-state index contributed by atoms with van der Waals surface area (Å²) in [7, 11) is 0. The number of rotatable bonds is 2. The SMILES string of the molecule is CC(C)(C)c1cccc(-c2ccc3cc(C(=O)O)ccc3c2)c1. The van der Waals surface area contributed by atoms with Crippen molar-refractivity contribution in [3.8, 4) is 11.1 Å². The van der Waals surface area contributed by atoms with Crippen molar-refractivity contribution in [3.63, 3.8) is 0 Å². The van der Waals surface area contributed by atoms with Gasteiger partial charge in [-0.15, -0.1) is 0 Å². The fraction of sp³-hybridized carbons (Fsp3) is 0.190. The van der Waals surface area contributed by atoms with Crippen LogP contribution in [0.2, 0.25) is 0 Å². The first-order valence-corrected chi connectivity index (χ1v) is 7.73. The summed E-state index contributed by atoms with van der Waals surface area (Å²) in [4.78, 5) is 11.1. The zero-order valence-electron chi connectivity index (χ0n) is 13.6. The van der Waals surface area contributed by atoms with Crippen molar-refractivity contribution in [2.75, 3.05) is 0 Å². The molecule has 0 heterocycles. The molecule has 0 aliphatic carbocycles. The molecule has 0 saturated heterocycles. The van der Waals surface area contributed by atoms with E-state index in [1.165, 1.54) is 11.1 Å². The van der Waals surface area contributed by atoms with Crippen LogP contribution in [0.5, 0.6) is 0 Å². The van der Waals surface area contributed by atoms with E-state index in [9.17, 15) is 4.79 Å². The first-order chi connectivity index (χ1) is 10.8. The van der Waals surface area contributed by atoms with Crippen LogP contribution >= 0.6 is 0 Å². The third-order valence-corrected chi connectivity index (χ3v) is 4.15. The summed E-state index contributed by atoms with van der Waals surface area (Å²) in [6.45, 7) is 6.62. The molecule has 116 valence electrons. The molecule has 0 aliphatic heterocycles. The average molecular weight is 304 g/mol. The Morgan fingerprint density at radius 2 is 1.48 bits per heavy atom. The third-order valence-electron chi connectivity index (χ3n) is 4.15. The van der Waals surface area contributed by atoms with E-state index < -0.39 is 5.97 Å². The monoisotopic (exact) mass is 304 g/mol. The van der Waals surface area contributed by atoms with Gasteiger partial charge in [0.25, 0.3) is 0 Å². The first-order valence-electron chi connectivity index (χ1n) is 7.73. The molecule has 0 bridgehead atoms. The van der Waals surface area contributed by atoms with Gasteiger partial charge in [0.1, 0.15) is 0 Å². The van der Waals surface area contributed by atoms with Crippen LogP contribution in [0, 0.1) is 0 Å². The molecule has 0 aliphatic rings. The van der Waals surface area contributed by atoms with Crippen LogP contribution in [0.15, 0.2) is 60.7 Å². The molecule has 0 amide bonds. The molecule has 1 N–H and O–H groups in total. The Labute approximate surface area is 136 Å². The standard InChI is InChI=1S/C21H20O2/c1-21(2,3)19-6-4-5-14(13-19)15-7-8-17-12-18(20(22)23)10-9-16(17)11-15/h4-13H,1-3H3,(H,22,23). The van der Waals surface area contributed by atoms with Crippen LogP contribution in [-0.2, 0) is 5.41 Å². The number of hydrogen-bond donors (Lipinski definition) is 1. The van der Waals surface area contributed by atoms with E-state index in [0.29, 0.717) is 5.56 Å². The molecular formula is C21H20O2. The van der Waals surface area contributed by atoms with Crippen LogP contribution in [0.25, 0.3) is 21.9 Å². The molecule has 0 saturated carbocycles. The number of carboxylic acid groups (broad SMARTS) is 1. The van der Waals surface area contributed by atoms with Crippen LogP contribution in [0.4, 0.5) is 0 Å². The predicted octanol–water partition coefficient (Wildman–Crippen LogP) is 5.50. The highest BCUT2D eigenvalue weighted by atomic mass is 16.4. The van der Waals surface area contributed by atoms with Crippen molar-refractivity contribution in [3.05, 3.63) is 71.8 Å². The summed E-state index contributed by atoms with van der Waals surface area (Å²) in [5.74, 6) is -0.895. The summed E-state index contributed by atoms with van der Waals surface area (Å²) in [6.07, 6.45) is 0. The molecule has 3 aromatic rings. The summed E-state index contributed by atoms with van der Waals surface area (Å²) in [5, 5.41) is 11.1. The summed E-state index contributed by atoms with van der Waals surface area (Å²) in [5.41, 5.74) is 4.06. The van der Waals surface area contributed by atoms with Gasteiger partial charge in [-0.05, 0) is 51.1 Å². The maximum atomic E-state index is 11.1. The van der Waals surface area contributed by atoms with Crippen LogP contribution in [0.1, 0.15) is 36.7 Å². The van der Waals surface area contributed by atoms with Crippen LogP contribution < -0.4 is 0 Å². The highest BCUT2D eigenvalue weighted by molar-refractivity contribution is 5.95.